The third-order valence-electron chi connectivity index (χ3n) is 3.87. The second kappa shape index (κ2) is 4.66. The number of hydrogen-bond acceptors (Lipinski definition) is 2. The molecular formula is C18H15NO. The summed E-state index contributed by atoms with van der Waals surface area (Å²) in [5.41, 5.74) is 2.51. The van der Waals surface area contributed by atoms with Gasteiger partial charge in [-0.2, -0.15) is 0 Å². The maximum atomic E-state index is 5.77. The van der Waals surface area contributed by atoms with Gasteiger partial charge in [0.25, 0.3) is 0 Å². The normalized spacial score (nSPS) is 17.5. The lowest BCUT2D eigenvalue weighted by atomic mass is 9.92. The van der Waals surface area contributed by atoms with Crippen molar-refractivity contribution < 1.29 is 4.74 Å². The first kappa shape index (κ1) is 11.5. The van der Waals surface area contributed by atoms with Crippen LogP contribution in [-0.4, -0.2) is 6.73 Å². The Morgan fingerprint density at radius 1 is 0.850 bits per heavy atom. The summed E-state index contributed by atoms with van der Waals surface area (Å²) in [5.74, 6) is 0.983. The van der Waals surface area contributed by atoms with Crippen LogP contribution in [0.2, 0.25) is 0 Å². The highest BCUT2D eigenvalue weighted by Crippen LogP contribution is 2.38. The van der Waals surface area contributed by atoms with E-state index in [-0.39, 0.29) is 6.04 Å². The maximum Gasteiger partial charge on any atom is 0.140 e. The van der Waals surface area contributed by atoms with Crippen molar-refractivity contribution in [3.63, 3.8) is 0 Å². The molecule has 1 heterocycles. The zero-order valence-corrected chi connectivity index (χ0v) is 11.0. The number of rotatable bonds is 1. The molecule has 0 saturated carbocycles. The molecule has 0 spiro atoms. The minimum absolute atomic E-state index is 0.186. The van der Waals surface area contributed by atoms with E-state index in [1.54, 1.807) is 0 Å². The number of benzene rings is 3. The minimum atomic E-state index is 0.186. The van der Waals surface area contributed by atoms with Gasteiger partial charge in [-0.25, -0.2) is 0 Å². The van der Waals surface area contributed by atoms with Crippen LogP contribution in [0.3, 0.4) is 0 Å². The Bertz CT molecular complexity index is 752. The van der Waals surface area contributed by atoms with Gasteiger partial charge in [0.15, 0.2) is 0 Å². The first-order valence-electron chi connectivity index (χ1n) is 6.86. The van der Waals surface area contributed by atoms with E-state index in [0.717, 1.165) is 5.75 Å². The van der Waals surface area contributed by atoms with Crippen LogP contribution in [0.15, 0.2) is 66.7 Å². The van der Waals surface area contributed by atoms with Gasteiger partial charge in [0.05, 0.1) is 6.04 Å². The zero-order valence-electron chi connectivity index (χ0n) is 11.0. The smallest absolute Gasteiger partial charge is 0.140 e. The van der Waals surface area contributed by atoms with Crippen molar-refractivity contribution >= 4 is 10.8 Å². The first-order chi connectivity index (χ1) is 9.93. The molecule has 1 N–H and O–H groups in total. The topological polar surface area (TPSA) is 21.3 Å². The van der Waals surface area contributed by atoms with E-state index < -0.39 is 0 Å². The lowest BCUT2D eigenvalue weighted by molar-refractivity contribution is 0.244. The molecule has 3 aromatic carbocycles. The van der Waals surface area contributed by atoms with Crippen molar-refractivity contribution in [3.05, 3.63) is 77.9 Å². The SMILES string of the molecule is c1ccc([C@@H]2NCOc3ccc4ccccc4c32)cc1. The highest BCUT2D eigenvalue weighted by molar-refractivity contribution is 5.88. The largest absolute Gasteiger partial charge is 0.478 e. The third kappa shape index (κ3) is 1.77. The van der Waals surface area contributed by atoms with Crippen molar-refractivity contribution in [1.82, 2.24) is 5.32 Å². The second-order valence-electron chi connectivity index (χ2n) is 5.04. The molecular weight excluding hydrogens is 246 g/mol. The molecule has 20 heavy (non-hydrogen) atoms. The van der Waals surface area contributed by atoms with Crippen LogP contribution >= 0.6 is 0 Å². The Morgan fingerprint density at radius 2 is 1.65 bits per heavy atom. The van der Waals surface area contributed by atoms with Crippen molar-refractivity contribution in [1.29, 1.82) is 0 Å². The summed E-state index contributed by atoms with van der Waals surface area (Å²) in [4.78, 5) is 0. The van der Waals surface area contributed by atoms with E-state index in [4.69, 9.17) is 4.74 Å². The van der Waals surface area contributed by atoms with Crippen LogP contribution in [0.25, 0.3) is 10.8 Å². The van der Waals surface area contributed by atoms with Crippen LogP contribution in [0.1, 0.15) is 17.2 Å². The van der Waals surface area contributed by atoms with Crippen molar-refractivity contribution in [2.75, 3.05) is 6.73 Å². The van der Waals surface area contributed by atoms with Gasteiger partial charge < -0.3 is 4.74 Å². The molecule has 0 bridgehead atoms. The van der Waals surface area contributed by atoms with Crippen LogP contribution in [0.4, 0.5) is 0 Å². The zero-order chi connectivity index (χ0) is 13.4. The average Bonchev–Trinajstić information content (AvgIpc) is 2.55. The van der Waals surface area contributed by atoms with E-state index in [0.29, 0.717) is 6.73 Å². The van der Waals surface area contributed by atoms with Crippen LogP contribution in [0, 0.1) is 0 Å². The maximum absolute atomic E-state index is 5.77. The average molecular weight is 261 g/mol. The van der Waals surface area contributed by atoms with Crippen LogP contribution in [-0.2, 0) is 0 Å². The first-order valence-corrected chi connectivity index (χ1v) is 6.86. The number of nitrogens with one attached hydrogen (secondary N) is 1. The standard InChI is InChI=1S/C18H15NO/c1-2-7-14(8-3-1)18-17-15-9-5-4-6-13(15)10-11-16(17)20-12-19-18/h1-11,18-19H,12H2/t18-/m0/s1. The molecule has 98 valence electrons. The Hall–Kier alpha value is -2.32. The van der Waals surface area contributed by atoms with Crippen LogP contribution in [0.5, 0.6) is 5.75 Å². The number of ether oxygens (including phenoxy) is 1. The quantitative estimate of drug-likeness (QED) is 0.718. The summed E-state index contributed by atoms with van der Waals surface area (Å²) < 4.78 is 5.77. The molecule has 0 aliphatic carbocycles. The van der Waals surface area contributed by atoms with Gasteiger partial charge in [-0.3, -0.25) is 5.32 Å². The molecule has 3 aromatic rings. The van der Waals surface area contributed by atoms with E-state index in [2.05, 4.69) is 66.0 Å². The summed E-state index contributed by atoms with van der Waals surface area (Å²) in [6.45, 7) is 0.547. The number of fused-ring (bicyclic) bond motifs is 3. The molecule has 1 atom stereocenters. The molecule has 2 heteroatoms. The van der Waals surface area contributed by atoms with Crippen LogP contribution < -0.4 is 10.1 Å². The summed E-state index contributed by atoms with van der Waals surface area (Å²) in [5, 5.41) is 5.97. The van der Waals surface area contributed by atoms with Gasteiger partial charge in [0.1, 0.15) is 12.5 Å². The van der Waals surface area contributed by atoms with E-state index >= 15 is 0 Å². The molecule has 1 aliphatic heterocycles. The molecule has 0 aromatic heterocycles. The predicted octanol–water partition coefficient (Wildman–Crippen LogP) is 3.87. The Morgan fingerprint density at radius 3 is 2.55 bits per heavy atom. The summed E-state index contributed by atoms with van der Waals surface area (Å²) in [6, 6.07) is 23.4. The van der Waals surface area contributed by atoms with E-state index in [9.17, 15) is 0 Å². The van der Waals surface area contributed by atoms with Gasteiger partial charge in [-0.05, 0) is 22.4 Å². The fourth-order valence-corrected chi connectivity index (χ4v) is 2.93. The van der Waals surface area contributed by atoms with E-state index in [1.807, 2.05) is 6.07 Å². The monoisotopic (exact) mass is 261 g/mol. The van der Waals surface area contributed by atoms with Crippen molar-refractivity contribution in [2.24, 2.45) is 0 Å². The van der Waals surface area contributed by atoms with Gasteiger partial charge >= 0.3 is 0 Å². The Kier molecular flexibility index (Phi) is 2.68. The summed E-state index contributed by atoms with van der Waals surface area (Å²) in [7, 11) is 0. The molecule has 0 amide bonds. The fraction of sp³-hybridized carbons (Fsp3) is 0.111. The molecule has 2 nitrogen and oxygen atoms in total. The predicted molar refractivity (Wildman–Crippen MR) is 80.9 cm³/mol. The molecule has 0 fully saturated rings. The Balaban J connectivity index is 1.97. The lowest BCUT2D eigenvalue weighted by Crippen LogP contribution is -2.31. The molecule has 4 rings (SSSR count). The van der Waals surface area contributed by atoms with Crippen molar-refractivity contribution in [2.45, 2.75) is 6.04 Å². The van der Waals surface area contributed by atoms with Gasteiger partial charge in [-0.15, -0.1) is 0 Å². The highest BCUT2D eigenvalue weighted by atomic mass is 16.5. The fourth-order valence-electron chi connectivity index (χ4n) is 2.93. The number of hydrogen-bond donors (Lipinski definition) is 1. The molecule has 0 saturated heterocycles. The lowest BCUT2D eigenvalue weighted by Gasteiger charge is -2.29. The Labute approximate surface area is 118 Å². The van der Waals surface area contributed by atoms with Gasteiger partial charge in [0.2, 0.25) is 0 Å². The summed E-state index contributed by atoms with van der Waals surface area (Å²) in [6.07, 6.45) is 0. The third-order valence-corrected chi connectivity index (χ3v) is 3.87. The van der Waals surface area contributed by atoms with Crippen molar-refractivity contribution in [3.8, 4) is 5.75 Å². The highest BCUT2D eigenvalue weighted by Gasteiger charge is 2.24. The summed E-state index contributed by atoms with van der Waals surface area (Å²) >= 11 is 0. The molecule has 0 unspecified atom stereocenters. The van der Waals surface area contributed by atoms with Gasteiger partial charge in [-0.1, -0.05) is 60.7 Å². The minimum Gasteiger partial charge on any atom is -0.478 e. The second-order valence-corrected chi connectivity index (χ2v) is 5.04. The molecule has 0 radical (unpaired) electrons. The van der Waals surface area contributed by atoms with E-state index in [1.165, 1.54) is 21.9 Å². The van der Waals surface area contributed by atoms with Gasteiger partial charge in [0, 0.05) is 5.56 Å². The molecule has 1 aliphatic rings.